The zero-order valence-electron chi connectivity index (χ0n) is 28.6. The quantitative estimate of drug-likeness (QED) is 0.176. The molecule has 0 saturated heterocycles. The summed E-state index contributed by atoms with van der Waals surface area (Å²) in [5, 5.41) is 5.68. The van der Waals surface area contributed by atoms with E-state index in [0.717, 1.165) is 55.1 Å². The molecule has 0 atom stereocenters. The molecule has 0 N–H and O–H groups in total. The minimum Gasteiger partial charge on any atom is -0.464 e. The van der Waals surface area contributed by atoms with E-state index in [1.54, 1.807) is 6.26 Å². The first-order chi connectivity index (χ1) is 26.2. The fraction of sp³-hybridized carbons (Fsp3) is 0. The Kier molecular flexibility index (Phi) is 7.43. The van der Waals surface area contributed by atoms with Gasteiger partial charge in [-0.25, -0.2) is 15.0 Å². The summed E-state index contributed by atoms with van der Waals surface area (Å²) in [6.45, 7) is 0. The van der Waals surface area contributed by atoms with Gasteiger partial charge in [0, 0.05) is 16.5 Å². The van der Waals surface area contributed by atoms with Gasteiger partial charge >= 0.3 is 0 Å². The van der Waals surface area contributed by atoms with Gasteiger partial charge in [-0.15, -0.1) is 0 Å². The Labute approximate surface area is 306 Å². The lowest BCUT2D eigenvalue weighted by Gasteiger charge is -2.13. The van der Waals surface area contributed by atoms with E-state index in [4.69, 9.17) is 19.4 Å². The van der Waals surface area contributed by atoms with E-state index in [0.29, 0.717) is 17.5 Å². The van der Waals surface area contributed by atoms with Crippen LogP contribution in [0.2, 0.25) is 0 Å². The molecule has 8 aromatic carbocycles. The van der Waals surface area contributed by atoms with Crippen LogP contribution in [0.1, 0.15) is 0 Å². The third-order valence-electron chi connectivity index (χ3n) is 10.0. The van der Waals surface area contributed by atoms with Crippen LogP contribution in [0.25, 0.3) is 100 Å². The van der Waals surface area contributed by atoms with Crippen molar-refractivity contribution in [1.82, 2.24) is 15.0 Å². The van der Waals surface area contributed by atoms with Gasteiger partial charge in [0.1, 0.15) is 5.58 Å². The molecular formula is C49H31N3O. The smallest absolute Gasteiger partial charge is 0.167 e. The van der Waals surface area contributed by atoms with Crippen molar-refractivity contribution in [1.29, 1.82) is 0 Å². The fourth-order valence-corrected chi connectivity index (χ4v) is 7.37. The molecule has 4 nitrogen and oxygen atoms in total. The van der Waals surface area contributed by atoms with Crippen LogP contribution in [0.15, 0.2) is 193 Å². The van der Waals surface area contributed by atoms with Crippen molar-refractivity contribution in [3.8, 4) is 67.5 Å². The van der Waals surface area contributed by atoms with E-state index in [9.17, 15) is 0 Å². The summed E-state index contributed by atoms with van der Waals surface area (Å²) in [6, 6.07) is 63.6. The molecule has 2 heterocycles. The molecule has 10 aromatic rings. The maximum absolute atomic E-state index is 5.97. The first-order valence-electron chi connectivity index (χ1n) is 17.8. The number of hydrogen-bond donors (Lipinski definition) is 0. The van der Waals surface area contributed by atoms with Crippen LogP contribution in [0.3, 0.4) is 0 Å². The number of aromatic nitrogens is 3. The van der Waals surface area contributed by atoms with Crippen molar-refractivity contribution in [2.75, 3.05) is 0 Å². The van der Waals surface area contributed by atoms with E-state index in [1.807, 2.05) is 30.3 Å². The zero-order chi connectivity index (χ0) is 35.1. The molecule has 53 heavy (non-hydrogen) atoms. The Hall–Kier alpha value is -7.17. The molecule has 248 valence electrons. The van der Waals surface area contributed by atoms with Gasteiger partial charge in [-0.05, 0) is 85.3 Å². The molecule has 0 aliphatic heterocycles. The van der Waals surface area contributed by atoms with Crippen LogP contribution in [0.4, 0.5) is 0 Å². The summed E-state index contributed by atoms with van der Waals surface area (Å²) in [6.07, 6.45) is 1.71. The lowest BCUT2D eigenvalue weighted by Crippen LogP contribution is -2.00. The van der Waals surface area contributed by atoms with Gasteiger partial charge in [-0.2, -0.15) is 0 Å². The van der Waals surface area contributed by atoms with Gasteiger partial charge in [0.15, 0.2) is 17.5 Å². The van der Waals surface area contributed by atoms with Gasteiger partial charge < -0.3 is 4.42 Å². The van der Waals surface area contributed by atoms with E-state index in [1.165, 1.54) is 27.5 Å². The van der Waals surface area contributed by atoms with E-state index in [-0.39, 0.29) is 0 Å². The molecule has 10 rings (SSSR count). The second-order valence-corrected chi connectivity index (χ2v) is 13.2. The molecule has 0 fully saturated rings. The normalized spacial score (nSPS) is 11.4. The Balaban J connectivity index is 1.13. The van der Waals surface area contributed by atoms with Crippen LogP contribution >= 0.6 is 0 Å². The fourth-order valence-electron chi connectivity index (χ4n) is 7.37. The van der Waals surface area contributed by atoms with Crippen molar-refractivity contribution in [3.63, 3.8) is 0 Å². The number of fused-ring (bicyclic) bond motifs is 3. The molecule has 0 aliphatic carbocycles. The third kappa shape index (κ3) is 5.63. The highest BCUT2D eigenvalue weighted by Gasteiger charge is 2.17. The van der Waals surface area contributed by atoms with E-state index in [2.05, 4.69) is 152 Å². The predicted octanol–water partition coefficient (Wildman–Crippen LogP) is 12.9. The number of benzene rings is 8. The van der Waals surface area contributed by atoms with Gasteiger partial charge in [-0.3, -0.25) is 0 Å². The van der Waals surface area contributed by atoms with Crippen molar-refractivity contribution in [2.45, 2.75) is 0 Å². The molecule has 0 bridgehead atoms. The highest BCUT2D eigenvalue weighted by atomic mass is 16.3. The maximum Gasteiger partial charge on any atom is 0.167 e. The summed E-state index contributed by atoms with van der Waals surface area (Å²) >= 11 is 0. The molecule has 0 spiro atoms. The highest BCUT2D eigenvalue weighted by molar-refractivity contribution is 6.05. The molecule has 0 aliphatic rings. The SMILES string of the molecule is c1ccc(-c2ccc3ccc(-c4nc(-c5cccc(-c6ccc(-c7ccccc7)c7ccccc67)c5)nc(-c5cccc6ccoc56)n4)cc3c2)cc1. The van der Waals surface area contributed by atoms with Crippen LogP contribution in [0.5, 0.6) is 0 Å². The number of rotatable bonds is 6. The topological polar surface area (TPSA) is 51.8 Å². The van der Waals surface area contributed by atoms with Crippen molar-refractivity contribution in [3.05, 3.63) is 188 Å². The van der Waals surface area contributed by atoms with Crippen LogP contribution < -0.4 is 0 Å². The zero-order valence-corrected chi connectivity index (χ0v) is 28.6. The number of nitrogens with zero attached hydrogens (tertiary/aromatic N) is 3. The summed E-state index contributed by atoms with van der Waals surface area (Å²) < 4.78 is 5.97. The van der Waals surface area contributed by atoms with Gasteiger partial charge in [0.05, 0.1) is 11.8 Å². The van der Waals surface area contributed by atoms with Crippen LogP contribution in [-0.4, -0.2) is 15.0 Å². The Morgan fingerprint density at radius 1 is 0.302 bits per heavy atom. The van der Waals surface area contributed by atoms with Gasteiger partial charge in [0.2, 0.25) is 0 Å². The van der Waals surface area contributed by atoms with Crippen molar-refractivity contribution >= 4 is 32.5 Å². The van der Waals surface area contributed by atoms with Gasteiger partial charge in [0.25, 0.3) is 0 Å². The standard InChI is InChI=1S/C49H31N3O/c1-3-11-32(12-4-1)36-23-21-33-22-24-39(31-40(33)29-36)48-50-47(51-49(52-48)45-20-10-15-35-27-28-53-46(35)45)38-17-9-16-37(30-38)42-26-25-41(34-13-5-2-6-14-34)43-18-7-8-19-44(42)43/h1-31H. The Morgan fingerprint density at radius 3 is 1.62 bits per heavy atom. The Morgan fingerprint density at radius 2 is 0.868 bits per heavy atom. The van der Waals surface area contributed by atoms with Crippen molar-refractivity contribution in [2.24, 2.45) is 0 Å². The lowest BCUT2D eigenvalue weighted by molar-refractivity contribution is 0.616. The summed E-state index contributed by atoms with van der Waals surface area (Å²) in [7, 11) is 0. The third-order valence-corrected chi connectivity index (χ3v) is 10.0. The van der Waals surface area contributed by atoms with Crippen LogP contribution in [0, 0.1) is 0 Å². The first-order valence-corrected chi connectivity index (χ1v) is 17.8. The second-order valence-electron chi connectivity index (χ2n) is 13.2. The molecule has 0 amide bonds. The van der Waals surface area contributed by atoms with E-state index < -0.39 is 0 Å². The molecule has 4 heteroatoms. The van der Waals surface area contributed by atoms with Crippen LogP contribution in [-0.2, 0) is 0 Å². The maximum atomic E-state index is 5.97. The molecule has 0 saturated carbocycles. The molecule has 2 aromatic heterocycles. The van der Waals surface area contributed by atoms with Crippen molar-refractivity contribution < 1.29 is 4.42 Å². The average molecular weight is 678 g/mol. The lowest BCUT2D eigenvalue weighted by atomic mass is 9.91. The molecule has 0 unspecified atom stereocenters. The number of para-hydroxylation sites is 1. The average Bonchev–Trinajstić information content (AvgIpc) is 3.73. The monoisotopic (exact) mass is 677 g/mol. The minimum atomic E-state index is 0.562. The summed E-state index contributed by atoms with van der Waals surface area (Å²) in [5.41, 5.74) is 10.4. The first kappa shape index (κ1) is 30.6. The second kappa shape index (κ2) is 12.9. The highest BCUT2D eigenvalue weighted by Crippen LogP contribution is 2.38. The number of hydrogen-bond acceptors (Lipinski definition) is 4. The number of furan rings is 1. The largest absolute Gasteiger partial charge is 0.464 e. The predicted molar refractivity (Wildman–Crippen MR) is 217 cm³/mol. The molecule has 0 radical (unpaired) electrons. The summed E-state index contributed by atoms with van der Waals surface area (Å²) in [5.74, 6) is 1.76. The minimum absolute atomic E-state index is 0.562. The Bertz CT molecular complexity index is 2950. The van der Waals surface area contributed by atoms with Gasteiger partial charge in [-0.1, -0.05) is 152 Å². The summed E-state index contributed by atoms with van der Waals surface area (Å²) in [4.78, 5) is 15.4. The molecular weight excluding hydrogens is 647 g/mol. The van der Waals surface area contributed by atoms with E-state index >= 15 is 0 Å².